The van der Waals surface area contributed by atoms with Crippen molar-refractivity contribution in [2.45, 2.75) is 31.3 Å². The molecule has 2 aromatic heterocycles. The van der Waals surface area contributed by atoms with Crippen LogP contribution in [0.5, 0.6) is 11.8 Å². The van der Waals surface area contributed by atoms with E-state index in [0.29, 0.717) is 50.7 Å². The maximum Gasteiger partial charge on any atom is 0.319 e. The summed E-state index contributed by atoms with van der Waals surface area (Å²) in [4.78, 5) is 27.5. The Morgan fingerprint density at radius 1 is 1.10 bits per heavy atom. The number of nitriles is 1. The van der Waals surface area contributed by atoms with Crippen LogP contribution in [-0.2, 0) is 4.79 Å². The highest BCUT2D eigenvalue weighted by molar-refractivity contribution is 6.16. The molecule has 2 saturated heterocycles. The number of furan rings is 1. The van der Waals surface area contributed by atoms with Crippen molar-refractivity contribution < 1.29 is 32.2 Å². The van der Waals surface area contributed by atoms with Crippen LogP contribution in [0.2, 0.25) is 0 Å². The van der Waals surface area contributed by atoms with Gasteiger partial charge in [0.25, 0.3) is 5.91 Å². The molecule has 10 nitrogen and oxygen atoms in total. The number of ether oxygens (including phenoxy) is 1. The Morgan fingerprint density at radius 2 is 1.90 bits per heavy atom. The van der Waals surface area contributed by atoms with E-state index in [1.807, 2.05) is 15.9 Å². The number of carbonyl (C=O) groups excluding carboxylic acids is 1. The molecule has 0 spiro atoms. The van der Waals surface area contributed by atoms with Gasteiger partial charge in [-0.05, 0) is 54.1 Å². The van der Waals surface area contributed by atoms with E-state index in [4.69, 9.17) is 19.1 Å². The number of phenolic OH excluding ortho intramolecular Hbond substituents is 1. The summed E-state index contributed by atoms with van der Waals surface area (Å²) in [5, 5.41) is 22.2. The van der Waals surface area contributed by atoms with Crippen LogP contribution >= 0.6 is 0 Å². The predicted octanol–water partition coefficient (Wildman–Crippen LogP) is 6.27. The molecular weight excluding hydrogens is 637 g/mol. The Kier molecular flexibility index (Phi) is 8.73. The van der Waals surface area contributed by atoms with E-state index >= 15 is 4.39 Å². The van der Waals surface area contributed by atoms with Gasteiger partial charge in [-0.15, -0.1) is 0 Å². The third-order valence-corrected chi connectivity index (χ3v) is 9.49. The zero-order valence-electron chi connectivity index (χ0n) is 26.5. The van der Waals surface area contributed by atoms with Crippen molar-refractivity contribution >= 4 is 44.4 Å². The molecule has 2 fully saturated rings. The van der Waals surface area contributed by atoms with Gasteiger partial charge in [0.05, 0.1) is 35.7 Å². The Balaban J connectivity index is 1.38. The number of likely N-dealkylation sites (tertiary alicyclic amines) is 1. The van der Waals surface area contributed by atoms with Gasteiger partial charge in [0.15, 0.2) is 17.4 Å². The van der Waals surface area contributed by atoms with Crippen molar-refractivity contribution in [3.05, 3.63) is 67.0 Å². The summed E-state index contributed by atoms with van der Waals surface area (Å²) < 4.78 is 54.4. The minimum Gasteiger partial charge on any atom is -0.505 e. The molecule has 1 amide bonds. The molecule has 2 aliphatic heterocycles. The fraction of sp³-hybridized carbons (Fsp3) is 0.333. The van der Waals surface area contributed by atoms with Crippen LogP contribution in [0, 0.1) is 17.1 Å². The Hall–Kier alpha value is -5.35. The van der Waals surface area contributed by atoms with Crippen molar-refractivity contribution in [1.29, 1.82) is 5.26 Å². The molecule has 2 aliphatic rings. The highest BCUT2D eigenvalue weighted by Gasteiger charge is 2.34. The van der Waals surface area contributed by atoms with Crippen LogP contribution in [0.25, 0.3) is 43.8 Å². The molecule has 0 bridgehead atoms. The number of piperazine rings is 1. The van der Waals surface area contributed by atoms with Crippen LogP contribution < -0.4 is 9.64 Å². The summed E-state index contributed by atoms with van der Waals surface area (Å²) in [5.74, 6) is -2.76. The van der Waals surface area contributed by atoms with Crippen LogP contribution in [-0.4, -0.2) is 88.9 Å². The Labute approximate surface area is 279 Å². The quantitative estimate of drug-likeness (QED) is 0.181. The molecule has 2 atom stereocenters. The lowest BCUT2D eigenvalue weighted by molar-refractivity contribution is -0.131. The number of rotatable bonds is 9. The average Bonchev–Trinajstić information content (AvgIpc) is 3.78. The number of fused-ring (bicyclic) bond motifs is 4. The molecule has 0 saturated carbocycles. The van der Waals surface area contributed by atoms with Gasteiger partial charge in [-0.3, -0.25) is 9.69 Å². The fourth-order valence-corrected chi connectivity index (χ4v) is 7.17. The number of hydrogen-bond donors (Lipinski definition) is 1. The van der Waals surface area contributed by atoms with E-state index in [9.17, 15) is 23.9 Å². The number of anilines is 1. The maximum atomic E-state index is 15.0. The summed E-state index contributed by atoms with van der Waals surface area (Å²) in [6.07, 6.45) is 3.24. The predicted molar refractivity (Wildman–Crippen MR) is 178 cm³/mol. The van der Waals surface area contributed by atoms with E-state index in [1.165, 1.54) is 17.2 Å². The number of nitrogens with zero attached hydrogens (tertiary/aromatic N) is 6. The van der Waals surface area contributed by atoms with Crippen molar-refractivity contribution in [2.24, 2.45) is 0 Å². The number of phenols is 1. The molecular formula is C36H33F3N6O4. The van der Waals surface area contributed by atoms with Gasteiger partial charge < -0.3 is 24.1 Å². The summed E-state index contributed by atoms with van der Waals surface area (Å²) in [6, 6.07) is 13.3. The van der Waals surface area contributed by atoms with Gasteiger partial charge in [-0.2, -0.15) is 15.2 Å². The second-order valence-electron chi connectivity index (χ2n) is 12.3. The number of halogens is 3. The number of alkyl halides is 1. The summed E-state index contributed by atoms with van der Waals surface area (Å²) >= 11 is 0. The standard InChI is InChI=1S/C36H33F3N6O4/c1-21(38)35(47)45-15-14-44(19-22(45)8-11-40)34-31-29(41-36(42-34)49-20-23-5-4-12-43(23)13-10-37)17-27(26-9-16-48-33(26)31)28-18-30(46)32(39)25-7-3-2-6-24(25)28/h2-3,6-7,9,16-18,22-23,46H,1,4-5,8,10,12-15,19-20H2/t22-,23-/m0/s1. The van der Waals surface area contributed by atoms with Crippen molar-refractivity contribution in [2.75, 3.05) is 50.9 Å². The van der Waals surface area contributed by atoms with Gasteiger partial charge in [-0.1, -0.05) is 30.8 Å². The van der Waals surface area contributed by atoms with Crippen molar-refractivity contribution in [3.63, 3.8) is 0 Å². The SMILES string of the molecule is C=C(F)C(=O)N1CCN(c2nc(OC[C@@H]3CCCN3CCF)nc3cc(-c4cc(O)c(F)c5ccccc45)c4ccoc4c23)C[C@@H]1CC#N. The summed E-state index contributed by atoms with van der Waals surface area (Å²) in [5.41, 5.74) is 2.05. The minimum atomic E-state index is -1.10. The third kappa shape index (κ3) is 5.86. The van der Waals surface area contributed by atoms with Crippen LogP contribution in [0.1, 0.15) is 19.3 Å². The van der Waals surface area contributed by atoms with Gasteiger partial charge in [0.2, 0.25) is 0 Å². The smallest absolute Gasteiger partial charge is 0.319 e. The molecule has 5 aromatic rings. The zero-order chi connectivity index (χ0) is 34.2. The lowest BCUT2D eigenvalue weighted by atomic mass is 9.94. The topological polar surface area (TPSA) is 119 Å². The average molecular weight is 671 g/mol. The molecule has 3 aromatic carbocycles. The molecule has 0 aliphatic carbocycles. The molecule has 252 valence electrons. The van der Waals surface area contributed by atoms with Gasteiger partial charge in [0.1, 0.15) is 24.7 Å². The molecule has 4 heterocycles. The molecule has 49 heavy (non-hydrogen) atoms. The van der Waals surface area contributed by atoms with Crippen LogP contribution in [0.15, 0.2) is 65.6 Å². The second kappa shape index (κ2) is 13.3. The molecule has 0 unspecified atom stereocenters. The number of amides is 1. The van der Waals surface area contributed by atoms with E-state index in [0.717, 1.165) is 19.4 Å². The number of aromatic hydroxyl groups is 1. The van der Waals surface area contributed by atoms with E-state index in [1.54, 1.807) is 30.3 Å². The largest absolute Gasteiger partial charge is 0.505 e. The van der Waals surface area contributed by atoms with E-state index in [-0.39, 0.29) is 50.1 Å². The molecule has 7 rings (SSSR count). The van der Waals surface area contributed by atoms with Crippen LogP contribution in [0.3, 0.4) is 0 Å². The third-order valence-electron chi connectivity index (χ3n) is 9.49. The van der Waals surface area contributed by atoms with Gasteiger partial charge in [-0.25, -0.2) is 13.2 Å². The highest BCUT2D eigenvalue weighted by Crippen LogP contribution is 2.43. The first-order chi connectivity index (χ1) is 23.8. The molecule has 0 radical (unpaired) electrons. The lowest BCUT2D eigenvalue weighted by Crippen LogP contribution is -2.55. The van der Waals surface area contributed by atoms with E-state index < -0.39 is 36.0 Å². The first kappa shape index (κ1) is 32.2. The zero-order valence-corrected chi connectivity index (χ0v) is 26.5. The first-order valence-corrected chi connectivity index (χ1v) is 16.1. The number of carbonyl (C=O) groups is 1. The Morgan fingerprint density at radius 3 is 2.67 bits per heavy atom. The Bertz CT molecular complexity index is 2130. The van der Waals surface area contributed by atoms with Gasteiger partial charge in [0, 0.05) is 43.0 Å². The number of aromatic nitrogens is 2. The second-order valence-corrected chi connectivity index (χ2v) is 12.3. The minimum absolute atomic E-state index is 0.0152. The highest BCUT2D eigenvalue weighted by atomic mass is 19.1. The summed E-state index contributed by atoms with van der Waals surface area (Å²) in [6.45, 7) is 4.52. The van der Waals surface area contributed by atoms with Crippen LogP contribution in [0.4, 0.5) is 19.0 Å². The summed E-state index contributed by atoms with van der Waals surface area (Å²) in [7, 11) is 0. The molecule has 1 N–H and O–H groups in total. The maximum absolute atomic E-state index is 15.0. The lowest BCUT2D eigenvalue weighted by Gasteiger charge is -2.41. The first-order valence-electron chi connectivity index (χ1n) is 16.1. The molecule has 13 heteroatoms. The van der Waals surface area contributed by atoms with Gasteiger partial charge >= 0.3 is 6.01 Å². The number of hydrogen-bond acceptors (Lipinski definition) is 9. The fourth-order valence-electron chi connectivity index (χ4n) is 7.17. The van der Waals surface area contributed by atoms with E-state index in [2.05, 4.69) is 12.6 Å². The van der Waals surface area contributed by atoms with Crippen molar-refractivity contribution in [3.8, 4) is 29.0 Å². The normalized spacial score (nSPS) is 18.4. The van der Waals surface area contributed by atoms with Crippen molar-refractivity contribution in [1.82, 2.24) is 19.8 Å². The monoisotopic (exact) mass is 670 g/mol. The number of benzene rings is 3.